The van der Waals surface area contributed by atoms with Crippen molar-refractivity contribution >= 4 is 46.2 Å². The van der Waals surface area contributed by atoms with Crippen molar-refractivity contribution in [2.45, 2.75) is 26.3 Å². The monoisotopic (exact) mass is 600 g/mol. The number of nitrogens with two attached hydrogens (primary N) is 2. The van der Waals surface area contributed by atoms with Gasteiger partial charge in [0.2, 0.25) is 0 Å². The molecular formula is C31H36N8O5. The lowest BCUT2D eigenvalue weighted by molar-refractivity contribution is -0.143. The summed E-state index contributed by atoms with van der Waals surface area (Å²) in [7, 11) is 1.91. The number of amides is 1. The summed E-state index contributed by atoms with van der Waals surface area (Å²) in [5.41, 5.74) is 14.6. The number of aromatic nitrogens is 3. The third-order valence-corrected chi connectivity index (χ3v) is 6.66. The van der Waals surface area contributed by atoms with Crippen molar-refractivity contribution < 1.29 is 23.9 Å². The maximum atomic E-state index is 13.6. The van der Waals surface area contributed by atoms with Gasteiger partial charge in [0.15, 0.2) is 6.73 Å². The Labute approximate surface area is 254 Å². The Kier molecular flexibility index (Phi) is 11.0. The molecule has 0 aliphatic heterocycles. The number of esters is 2. The minimum atomic E-state index is -0.557. The van der Waals surface area contributed by atoms with Crippen LogP contribution in [0.1, 0.15) is 41.5 Å². The molecule has 230 valence electrons. The minimum Gasteiger partial charge on any atom is -0.466 e. The molecule has 13 heteroatoms. The van der Waals surface area contributed by atoms with Gasteiger partial charge in [0.05, 0.1) is 37.2 Å². The lowest BCUT2D eigenvalue weighted by Crippen LogP contribution is -2.34. The maximum absolute atomic E-state index is 13.6. The van der Waals surface area contributed by atoms with Crippen LogP contribution < -0.4 is 21.7 Å². The van der Waals surface area contributed by atoms with E-state index in [1.54, 1.807) is 48.7 Å². The van der Waals surface area contributed by atoms with Crippen molar-refractivity contribution in [1.29, 1.82) is 0 Å². The summed E-state index contributed by atoms with van der Waals surface area (Å²) >= 11 is 0. The van der Waals surface area contributed by atoms with Crippen molar-refractivity contribution in [2.75, 3.05) is 36.6 Å². The lowest BCUT2D eigenvalue weighted by atomic mass is 10.1. The number of pyridine rings is 1. The van der Waals surface area contributed by atoms with E-state index in [9.17, 15) is 14.4 Å². The number of rotatable bonds is 14. The molecule has 2 aromatic carbocycles. The van der Waals surface area contributed by atoms with Crippen LogP contribution in [0.15, 0.2) is 71.9 Å². The van der Waals surface area contributed by atoms with Gasteiger partial charge in [0.25, 0.3) is 5.91 Å². The summed E-state index contributed by atoms with van der Waals surface area (Å²) in [6.45, 7) is 2.40. The molecule has 2 heterocycles. The molecule has 44 heavy (non-hydrogen) atoms. The fourth-order valence-corrected chi connectivity index (χ4v) is 4.29. The third kappa shape index (κ3) is 8.16. The quantitative estimate of drug-likeness (QED) is 0.111. The lowest BCUT2D eigenvalue weighted by Gasteiger charge is -2.21. The van der Waals surface area contributed by atoms with Gasteiger partial charge in [-0.1, -0.05) is 13.0 Å². The van der Waals surface area contributed by atoms with E-state index >= 15 is 0 Å². The Morgan fingerprint density at radius 3 is 2.50 bits per heavy atom. The first-order chi connectivity index (χ1) is 21.3. The van der Waals surface area contributed by atoms with Crippen LogP contribution in [0.2, 0.25) is 0 Å². The number of hydrogen-bond acceptors (Lipinski definition) is 10. The standard InChI is InChI=1S/C31H36N8O5/c1-3-16-43-28(40)13-15-39(26-6-4-5-14-34-26)31(42)22-9-12-25-24(17-22)37-27(38(25)2)19-35-23-10-7-21(8-11-23)30(33)36-20-44-29(41)18-32/h4-12,14,17,35H,3,13,15-16,18-20,32H2,1-2H3,(H2,33,36). The number of imidazole rings is 1. The molecule has 0 aliphatic carbocycles. The van der Waals surface area contributed by atoms with Crippen LogP contribution in [0.5, 0.6) is 0 Å². The van der Waals surface area contributed by atoms with Crippen LogP contribution in [0.3, 0.4) is 0 Å². The number of amidine groups is 1. The van der Waals surface area contributed by atoms with Gasteiger partial charge in [0.1, 0.15) is 17.5 Å². The van der Waals surface area contributed by atoms with Gasteiger partial charge in [-0.3, -0.25) is 19.3 Å². The van der Waals surface area contributed by atoms with Gasteiger partial charge in [-0.25, -0.2) is 15.0 Å². The van der Waals surface area contributed by atoms with Gasteiger partial charge in [-0.05, 0) is 61.0 Å². The normalized spacial score (nSPS) is 11.3. The summed E-state index contributed by atoms with van der Waals surface area (Å²) in [5.74, 6) is 0.228. The average molecular weight is 601 g/mol. The number of nitrogens with one attached hydrogen (secondary N) is 1. The molecule has 13 nitrogen and oxygen atoms in total. The molecule has 0 atom stereocenters. The molecular weight excluding hydrogens is 564 g/mol. The highest BCUT2D eigenvalue weighted by molar-refractivity contribution is 6.07. The molecule has 0 fully saturated rings. The van der Waals surface area contributed by atoms with Gasteiger partial charge in [0, 0.05) is 36.6 Å². The van der Waals surface area contributed by atoms with Crippen LogP contribution in [0, 0.1) is 0 Å². The molecule has 2 aromatic heterocycles. The number of aliphatic imine (C=N–C) groups is 1. The second kappa shape index (κ2) is 15.3. The zero-order valence-corrected chi connectivity index (χ0v) is 24.7. The fraction of sp³-hybridized carbons (Fsp3) is 0.290. The number of hydrogen-bond donors (Lipinski definition) is 3. The number of carbonyl (C=O) groups is 3. The third-order valence-electron chi connectivity index (χ3n) is 6.66. The highest BCUT2D eigenvalue weighted by atomic mass is 16.5. The topological polar surface area (TPSA) is 180 Å². The Balaban J connectivity index is 1.45. The maximum Gasteiger partial charge on any atom is 0.321 e. The summed E-state index contributed by atoms with van der Waals surface area (Å²) < 4.78 is 12.0. The molecule has 0 saturated carbocycles. The van der Waals surface area contributed by atoms with Crippen molar-refractivity contribution in [2.24, 2.45) is 23.5 Å². The van der Waals surface area contributed by atoms with E-state index in [2.05, 4.69) is 15.3 Å². The number of nitrogens with zero attached hydrogens (tertiary/aromatic N) is 5. The first-order valence-electron chi connectivity index (χ1n) is 14.1. The molecule has 1 amide bonds. The summed E-state index contributed by atoms with van der Waals surface area (Å²) in [4.78, 5) is 51.5. The predicted molar refractivity (Wildman–Crippen MR) is 167 cm³/mol. The highest BCUT2D eigenvalue weighted by Gasteiger charge is 2.21. The number of carbonyl (C=O) groups excluding carboxylic acids is 3. The largest absolute Gasteiger partial charge is 0.466 e. The van der Waals surface area contributed by atoms with Gasteiger partial charge in [-0.2, -0.15) is 0 Å². The van der Waals surface area contributed by atoms with Crippen LogP contribution in [-0.4, -0.2) is 64.6 Å². The second-order valence-corrected chi connectivity index (χ2v) is 9.73. The van der Waals surface area contributed by atoms with Gasteiger partial charge in [-0.15, -0.1) is 0 Å². The van der Waals surface area contributed by atoms with Crippen LogP contribution in [0.25, 0.3) is 11.0 Å². The SMILES string of the molecule is CCCOC(=O)CCN(C(=O)c1ccc2c(c1)nc(CNc1ccc(/C(N)=N/COC(=O)CN)cc1)n2C)c1ccccn1. The van der Waals surface area contributed by atoms with E-state index in [0.717, 1.165) is 23.4 Å². The van der Waals surface area contributed by atoms with Crippen LogP contribution in [-0.2, 0) is 32.7 Å². The molecule has 0 saturated heterocycles. The van der Waals surface area contributed by atoms with Gasteiger partial charge >= 0.3 is 11.9 Å². The minimum absolute atomic E-state index is 0.0502. The molecule has 0 bridgehead atoms. The van der Waals surface area contributed by atoms with E-state index in [-0.39, 0.29) is 44.0 Å². The van der Waals surface area contributed by atoms with Crippen LogP contribution >= 0.6 is 0 Å². The highest BCUT2D eigenvalue weighted by Crippen LogP contribution is 2.21. The predicted octanol–water partition coefficient (Wildman–Crippen LogP) is 2.74. The smallest absolute Gasteiger partial charge is 0.321 e. The van der Waals surface area contributed by atoms with E-state index in [0.29, 0.717) is 35.6 Å². The van der Waals surface area contributed by atoms with E-state index in [1.165, 1.54) is 4.90 Å². The molecule has 0 aliphatic rings. The molecule has 4 rings (SSSR count). The Bertz CT molecular complexity index is 1620. The fourth-order valence-electron chi connectivity index (χ4n) is 4.29. The first-order valence-corrected chi connectivity index (χ1v) is 14.1. The molecule has 0 radical (unpaired) electrons. The van der Waals surface area contributed by atoms with Crippen LogP contribution in [0.4, 0.5) is 11.5 Å². The number of ether oxygens (including phenoxy) is 2. The summed E-state index contributed by atoms with van der Waals surface area (Å²) in [6, 6.07) is 17.9. The zero-order chi connectivity index (χ0) is 31.5. The van der Waals surface area contributed by atoms with Crippen molar-refractivity contribution in [3.63, 3.8) is 0 Å². The van der Waals surface area contributed by atoms with E-state index < -0.39 is 5.97 Å². The number of aryl methyl sites for hydroxylation is 1. The molecule has 0 unspecified atom stereocenters. The Morgan fingerprint density at radius 1 is 1.02 bits per heavy atom. The number of fused-ring (bicyclic) bond motifs is 1. The summed E-state index contributed by atoms with van der Waals surface area (Å²) in [5, 5.41) is 3.34. The van der Waals surface area contributed by atoms with Crippen molar-refractivity contribution in [1.82, 2.24) is 14.5 Å². The number of anilines is 2. The van der Waals surface area contributed by atoms with Crippen molar-refractivity contribution in [3.8, 4) is 0 Å². The number of benzene rings is 2. The molecule has 0 spiro atoms. The van der Waals surface area contributed by atoms with Gasteiger partial charge < -0.3 is 30.8 Å². The second-order valence-electron chi connectivity index (χ2n) is 9.73. The van der Waals surface area contributed by atoms with Crippen molar-refractivity contribution in [3.05, 3.63) is 83.8 Å². The molecule has 4 aromatic rings. The average Bonchev–Trinajstić information content (AvgIpc) is 3.37. The molecule has 5 N–H and O–H groups in total. The van der Waals surface area contributed by atoms with E-state index in [4.69, 9.17) is 25.9 Å². The Morgan fingerprint density at radius 2 is 1.80 bits per heavy atom. The van der Waals surface area contributed by atoms with E-state index in [1.807, 2.05) is 36.7 Å². The first kappa shape index (κ1) is 31.6. The zero-order valence-electron chi connectivity index (χ0n) is 24.7. The summed E-state index contributed by atoms with van der Waals surface area (Å²) in [6.07, 6.45) is 2.38. The Hall–Kier alpha value is -5.30.